The van der Waals surface area contributed by atoms with E-state index in [0.717, 1.165) is 11.6 Å². The standard InChI is InChI=1S/C14H10BrNO5/c1-8-2-3-9(16(19)20)6-11(8)14-12(15)7-10(21-14)4-5-13(17)18/h2-7H,1H3,(H,17,18)/b5-4+. The molecular formula is C14H10BrNO5. The largest absolute Gasteiger partial charge is 0.478 e. The van der Waals surface area contributed by atoms with Crippen LogP contribution in [0.3, 0.4) is 0 Å². The summed E-state index contributed by atoms with van der Waals surface area (Å²) in [4.78, 5) is 20.9. The minimum absolute atomic E-state index is 0.0403. The molecule has 6 nitrogen and oxygen atoms in total. The summed E-state index contributed by atoms with van der Waals surface area (Å²) >= 11 is 3.31. The van der Waals surface area contributed by atoms with Crippen LogP contribution < -0.4 is 0 Å². The summed E-state index contributed by atoms with van der Waals surface area (Å²) in [6, 6.07) is 6.08. The molecular weight excluding hydrogens is 342 g/mol. The number of aliphatic carboxylic acids is 1. The van der Waals surface area contributed by atoms with Crippen LogP contribution in [0, 0.1) is 17.0 Å². The molecule has 0 spiro atoms. The normalized spacial score (nSPS) is 11.0. The molecule has 0 aliphatic rings. The Bertz CT molecular complexity index is 748. The summed E-state index contributed by atoms with van der Waals surface area (Å²) in [5.74, 6) is -0.331. The van der Waals surface area contributed by atoms with Crippen molar-refractivity contribution in [1.82, 2.24) is 0 Å². The fourth-order valence-electron chi connectivity index (χ4n) is 1.77. The van der Waals surface area contributed by atoms with Crippen molar-refractivity contribution in [2.75, 3.05) is 0 Å². The van der Waals surface area contributed by atoms with E-state index in [9.17, 15) is 14.9 Å². The van der Waals surface area contributed by atoms with Crippen LogP contribution in [0.5, 0.6) is 0 Å². The molecule has 1 aromatic heterocycles. The molecule has 0 aliphatic carbocycles. The van der Waals surface area contributed by atoms with Crippen molar-refractivity contribution in [2.45, 2.75) is 6.92 Å². The molecule has 1 heterocycles. The van der Waals surface area contributed by atoms with Crippen LogP contribution >= 0.6 is 15.9 Å². The highest BCUT2D eigenvalue weighted by Gasteiger charge is 2.16. The molecule has 0 saturated carbocycles. The van der Waals surface area contributed by atoms with Gasteiger partial charge in [0.2, 0.25) is 0 Å². The van der Waals surface area contributed by atoms with Gasteiger partial charge in [-0.25, -0.2) is 4.79 Å². The molecule has 2 rings (SSSR count). The average molecular weight is 352 g/mol. The van der Waals surface area contributed by atoms with Gasteiger partial charge in [0.25, 0.3) is 5.69 Å². The predicted molar refractivity (Wildman–Crippen MR) is 79.9 cm³/mol. The molecule has 0 saturated heterocycles. The number of nitrogens with zero attached hydrogens (tertiary/aromatic N) is 1. The lowest BCUT2D eigenvalue weighted by Crippen LogP contribution is -1.90. The van der Waals surface area contributed by atoms with Gasteiger partial charge in [0.1, 0.15) is 11.5 Å². The fourth-order valence-corrected chi connectivity index (χ4v) is 2.29. The van der Waals surface area contributed by atoms with E-state index in [4.69, 9.17) is 9.52 Å². The van der Waals surface area contributed by atoms with Gasteiger partial charge in [-0.05, 0) is 40.6 Å². The number of carboxylic acids is 1. The third-order valence-electron chi connectivity index (χ3n) is 2.77. The molecule has 21 heavy (non-hydrogen) atoms. The molecule has 1 N–H and O–H groups in total. The van der Waals surface area contributed by atoms with Crippen molar-refractivity contribution in [2.24, 2.45) is 0 Å². The van der Waals surface area contributed by atoms with Crippen LogP contribution in [0.1, 0.15) is 11.3 Å². The lowest BCUT2D eigenvalue weighted by molar-refractivity contribution is -0.384. The third kappa shape index (κ3) is 3.38. The van der Waals surface area contributed by atoms with Crippen LogP contribution in [0.4, 0.5) is 5.69 Å². The monoisotopic (exact) mass is 351 g/mol. The number of halogens is 1. The molecule has 7 heteroatoms. The van der Waals surface area contributed by atoms with E-state index in [-0.39, 0.29) is 5.69 Å². The molecule has 0 bridgehead atoms. The zero-order valence-corrected chi connectivity index (χ0v) is 12.5. The average Bonchev–Trinajstić information content (AvgIpc) is 2.78. The number of benzene rings is 1. The maximum Gasteiger partial charge on any atom is 0.328 e. The first-order valence-corrected chi connectivity index (χ1v) is 6.63. The Kier molecular flexibility index (Phi) is 4.23. The third-order valence-corrected chi connectivity index (χ3v) is 3.36. The molecule has 0 radical (unpaired) electrons. The Morgan fingerprint density at radius 2 is 2.14 bits per heavy atom. The smallest absolute Gasteiger partial charge is 0.328 e. The fraction of sp³-hybridized carbons (Fsp3) is 0.0714. The molecule has 0 amide bonds. The SMILES string of the molecule is Cc1ccc([N+](=O)[O-])cc1-c1oc(/C=C/C(=O)O)cc1Br. The van der Waals surface area contributed by atoms with Crippen molar-refractivity contribution < 1.29 is 19.2 Å². The Labute approximate surface area is 128 Å². The minimum Gasteiger partial charge on any atom is -0.478 e. The number of nitro benzene ring substituents is 1. The quantitative estimate of drug-likeness (QED) is 0.509. The van der Waals surface area contributed by atoms with Crippen molar-refractivity contribution in [3.8, 4) is 11.3 Å². The number of aryl methyl sites for hydroxylation is 1. The van der Waals surface area contributed by atoms with Crippen LogP contribution in [0.2, 0.25) is 0 Å². The van der Waals surface area contributed by atoms with E-state index < -0.39 is 10.9 Å². The van der Waals surface area contributed by atoms with Gasteiger partial charge >= 0.3 is 5.97 Å². The van der Waals surface area contributed by atoms with E-state index >= 15 is 0 Å². The second-order valence-corrected chi connectivity index (χ2v) is 5.11. The number of non-ortho nitro benzene ring substituents is 1. The van der Waals surface area contributed by atoms with Gasteiger partial charge in [0.15, 0.2) is 0 Å². The summed E-state index contributed by atoms with van der Waals surface area (Å²) in [6.45, 7) is 1.81. The summed E-state index contributed by atoms with van der Waals surface area (Å²) in [7, 11) is 0. The van der Waals surface area contributed by atoms with Crippen molar-refractivity contribution in [1.29, 1.82) is 0 Å². The maximum absolute atomic E-state index is 10.9. The summed E-state index contributed by atoms with van der Waals surface area (Å²) in [5.41, 5.74) is 1.34. The first-order valence-electron chi connectivity index (χ1n) is 5.84. The van der Waals surface area contributed by atoms with Gasteiger partial charge in [-0.3, -0.25) is 10.1 Å². The van der Waals surface area contributed by atoms with E-state index in [2.05, 4.69) is 15.9 Å². The first-order chi connectivity index (χ1) is 9.88. The lowest BCUT2D eigenvalue weighted by atomic mass is 10.1. The van der Waals surface area contributed by atoms with E-state index in [1.54, 1.807) is 19.1 Å². The van der Waals surface area contributed by atoms with Crippen molar-refractivity contribution >= 4 is 33.7 Å². The molecule has 0 aliphatic heterocycles. The molecule has 108 valence electrons. The number of furan rings is 1. The number of nitro groups is 1. The van der Waals surface area contributed by atoms with E-state index in [1.165, 1.54) is 18.2 Å². The zero-order chi connectivity index (χ0) is 15.6. The van der Waals surface area contributed by atoms with Crippen LogP contribution in [-0.2, 0) is 4.79 Å². The van der Waals surface area contributed by atoms with Gasteiger partial charge in [0, 0.05) is 23.8 Å². The highest BCUT2D eigenvalue weighted by molar-refractivity contribution is 9.10. The van der Waals surface area contributed by atoms with Gasteiger partial charge in [-0.1, -0.05) is 6.07 Å². The Balaban J connectivity index is 2.49. The molecule has 0 unspecified atom stereocenters. The Morgan fingerprint density at radius 1 is 1.43 bits per heavy atom. The maximum atomic E-state index is 10.9. The van der Waals surface area contributed by atoms with Crippen LogP contribution in [-0.4, -0.2) is 16.0 Å². The van der Waals surface area contributed by atoms with Gasteiger partial charge < -0.3 is 9.52 Å². The van der Waals surface area contributed by atoms with Crippen LogP contribution in [0.25, 0.3) is 17.4 Å². The second kappa shape index (κ2) is 5.92. The number of carboxylic acid groups (broad SMARTS) is 1. The zero-order valence-electron chi connectivity index (χ0n) is 10.9. The summed E-state index contributed by atoms with van der Waals surface area (Å²) < 4.78 is 6.14. The van der Waals surface area contributed by atoms with Gasteiger partial charge in [-0.15, -0.1) is 0 Å². The Hall–Kier alpha value is -2.41. The Morgan fingerprint density at radius 3 is 2.76 bits per heavy atom. The first kappa shape index (κ1) is 15.0. The highest BCUT2D eigenvalue weighted by atomic mass is 79.9. The van der Waals surface area contributed by atoms with Gasteiger partial charge in [-0.2, -0.15) is 0 Å². The topological polar surface area (TPSA) is 93.6 Å². The minimum atomic E-state index is -1.09. The summed E-state index contributed by atoms with van der Waals surface area (Å²) in [6.07, 6.45) is 2.26. The van der Waals surface area contributed by atoms with Crippen molar-refractivity contribution in [3.05, 3.63) is 56.3 Å². The highest BCUT2D eigenvalue weighted by Crippen LogP contribution is 2.35. The predicted octanol–water partition coefficient (Wildman–Crippen LogP) is 4.02. The van der Waals surface area contributed by atoms with Crippen LogP contribution in [0.15, 0.2) is 39.2 Å². The molecule has 0 fully saturated rings. The van der Waals surface area contributed by atoms with Gasteiger partial charge in [0.05, 0.1) is 9.40 Å². The van der Waals surface area contributed by atoms with Crippen molar-refractivity contribution in [3.63, 3.8) is 0 Å². The second-order valence-electron chi connectivity index (χ2n) is 4.25. The van der Waals surface area contributed by atoms with E-state index in [0.29, 0.717) is 21.6 Å². The lowest BCUT2D eigenvalue weighted by Gasteiger charge is -2.03. The number of carbonyl (C=O) groups is 1. The number of rotatable bonds is 4. The molecule has 2 aromatic rings. The number of hydrogen-bond acceptors (Lipinski definition) is 4. The number of hydrogen-bond donors (Lipinski definition) is 1. The molecule has 0 atom stereocenters. The summed E-state index contributed by atoms with van der Waals surface area (Å²) in [5, 5.41) is 19.4. The molecule has 1 aromatic carbocycles. The van der Waals surface area contributed by atoms with E-state index in [1.807, 2.05) is 0 Å².